The summed E-state index contributed by atoms with van der Waals surface area (Å²) in [5.41, 5.74) is 3.38. The summed E-state index contributed by atoms with van der Waals surface area (Å²) in [6, 6.07) is 22.7. The van der Waals surface area contributed by atoms with Gasteiger partial charge in [-0.1, -0.05) is 54.6 Å². The van der Waals surface area contributed by atoms with Gasteiger partial charge in [-0.25, -0.2) is 0 Å². The van der Waals surface area contributed by atoms with Crippen LogP contribution in [-0.2, 0) is 37.8 Å². The molecule has 5 atom stereocenters. The Morgan fingerprint density at radius 3 is 2.24 bits per heavy atom. The lowest BCUT2D eigenvalue weighted by atomic mass is 9.82. The summed E-state index contributed by atoms with van der Waals surface area (Å²) in [5, 5.41) is 19.4. The van der Waals surface area contributed by atoms with E-state index in [1.807, 2.05) is 92.8 Å². The Balaban J connectivity index is 1.10. The first-order valence-corrected chi connectivity index (χ1v) is 20.7. The maximum absolute atomic E-state index is 15.0. The molecule has 13 heteroatoms. The van der Waals surface area contributed by atoms with E-state index in [4.69, 9.17) is 4.74 Å². The van der Waals surface area contributed by atoms with Crippen LogP contribution >= 0.6 is 0 Å². The smallest absolute Gasteiger partial charge is 0.264 e. The molecule has 0 bridgehead atoms. The van der Waals surface area contributed by atoms with Gasteiger partial charge >= 0.3 is 0 Å². The molecule has 3 saturated heterocycles. The van der Waals surface area contributed by atoms with Crippen molar-refractivity contribution in [3.8, 4) is 0 Å². The number of carbonyl (C=O) groups is 3. The molecule has 5 heterocycles. The highest BCUT2D eigenvalue weighted by atomic mass is 28.4. The molecule has 2 N–H and O–H groups in total. The number of carbonyl (C=O) groups excluding carboxylic acids is 3. The third kappa shape index (κ3) is 5.59. The second-order valence-corrected chi connectivity index (χ2v) is 18.7. The van der Waals surface area contributed by atoms with Crippen LogP contribution in [0, 0.1) is 5.92 Å². The molecule has 4 aromatic rings. The number of rotatable bonds is 10. The number of hydrogen-bond donors (Lipinski definition) is 2. The van der Waals surface area contributed by atoms with E-state index in [1.165, 1.54) is 0 Å². The number of aliphatic hydroxyl groups is 1. The normalized spacial score (nSPS) is 25.0. The van der Waals surface area contributed by atoms with Gasteiger partial charge in [-0.05, 0) is 61.0 Å². The molecule has 4 aliphatic rings. The SMILES string of the molecule is C[C@H]1[C@H]([Si](C)(C)O)[C@@H](CCn2cc([C@H](O)c3ccccc3)nn2)O[C@]12C(=O)N(Cc1ccc(N3CCC3=O)cc1)c1ccc(N3CCC3=O)cc12. The van der Waals surface area contributed by atoms with Gasteiger partial charge in [0.25, 0.3) is 5.91 Å². The summed E-state index contributed by atoms with van der Waals surface area (Å²) in [6.07, 6.45) is 1.83. The van der Waals surface area contributed by atoms with Crippen LogP contribution in [0.4, 0.5) is 17.1 Å². The van der Waals surface area contributed by atoms with Crippen molar-refractivity contribution in [3.05, 3.63) is 101 Å². The van der Waals surface area contributed by atoms with Gasteiger partial charge in [0.05, 0.1) is 24.5 Å². The van der Waals surface area contributed by atoms with Crippen molar-refractivity contribution in [1.82, 2.24) is 15.0 Å². The van der Waals surface area contributed by atoms with E-state index in [0.29, 0.717) is 56.7 Å². The van der Waals surface area contributed by atoms with Crippen molar-refractivity contribution in [2.45, 2.75) is 75.7 Å². The number of ether oxygens (including phenoxy) is 1. The Labute approximate surface area is 297 Å². The van der Waals surface area contributed by atoms with Crippen LogP contribution in [0.15, 0.2) is 79.0 Å². The van der Waals surface area contributed by atoms with Crippen molar-refractivity contribution in [3.63, 3.8) is 0 Å². The predicted molar refractivity (Wildman–Crippen MR) is 192 cm³/mol. The quantitative estimate of drug-likeness (QED) is 0.184. The maximum Gasteiger partial charge on any atom is 0.264 e. The summed E-state index contributed by atoms with van der Waals surface area (Å²) in [5.74, 6) is -0.432. The van der Waals surface area contributed by atoms with Gasteiger partial charge in [0, 0.05) is 60.9 Å². The third-order valence-corrected chi connectivity index (χ3v) is 13.7. The lowest BCUT2D eigenvalue weighted by Gasteiger charge is -2.33. The van der Waals surface area contributed by atoms with E-state index in [2.05, 4.69) is 10.3 Å². The van der Waals surface area contributed by atoms with Crippen LogP contribution in [0.2, 0.25) is 18.6 Å². The van der Waals surface area contributed by atoms with Crippen LogP contribution in [-0.4, -0.2) is 70.1 Å². The molecule has 4 aliphatic heterocycles. The monoisotopic (exact) mass is 706 g/mol. The number of aromatic nitrogens is 3. The van der Waals surface area contributed by atoms with E-state index in [0.717, 1.165) is 28.2 Å². The van der Waals surface area contributed by atoms with Gasteiger partial charge in [0.15, 0.2) is 13.9 Å². The Hall–Kier alpha value is -4.69. The number of β-lactam (4-membered cyclic amide) rings is 2. The lowest BCUT2D eigenvalue weighted by molar-refractivity contribution is -0.146. The van der Waals surface area contributed by atoms with Crippen molar-refractivity contribution >= 4 is 43.1 Å². The largest absolute Gasteiger partial charge is 0.432 e. The van der Waals surface area contributed by atoms with Gasteiger partial charge in [-0.3, -0.25) is 19.1 Å². The minimum Gasteiger partial charge on any atom is -0.432 e. The van der Waals surface area contributed by atoms with Gasteiger partial charge in [0.1, 0.15) is 11.8 Å². The first kappa shape index (κ1) is 33.5. The van der Waals surface area contributed by atoms with E-state index >= 15 is 0 Å². The topological polar surface area (TPSA) is 141 Å². The molecule has 0 unspecified atom stereocenters. The van der Waals surface area contributed by atoms with Crippen LogP contribution in [0.25, 0.3) is 0 Å². The number of benzene rings is 3. The van der Waals surface area contributed by atoms with Crippen LogP contribution < -0.4 is 14.7 Å². The number of anilines is 3. The highest BCUT2D eigenvalue weighted by Gasteiger charge is 2.66. The minimum absolute atomic E-state index is 0.0376. The van der Waals surface area contributed by atoms with Crippen molar-refractivity contribution < 1.29 is 29.0 Å². The molecule has 3 amide bonds. The Kier molecular flexibility index (Phi) is 8.21. The zero-order valence-electron chi connectivity index (χ0n) is 29.0. The minimum atomic E-state index is -2.93. The summed E-state index contributed by atoms with van der Waals surface area (Å²) in [7, 11) is -2.93. The predicted octanol–water partition coefficient (Wildman–Crippen LogP) is 4.27. The van der Waals surface area contributed by atoms with Crippen molar-refractivity contribution in [1.29, 1.82) is 0 Å². The van der Waals surface area contributed by atoms with Gasteiger partial charge in [-0.15, -0.1) is 5.10 Å². The standard InChI is InChI=1S/C38H42N6O6Si/c1-24-36(51(2,3)49)32(15-18-41-23-30(39-40-41)35(47)26-7-5-4-6-8-26)50-38(24)29-21-28(43-20-17-34(43)46)13-14-31(29)44(37(38)48)22-25-9-11-27(12-10-25)42-19-16-33(42)45/h4-14,21,23-24,32,35-36,47,49H,15-20,22H2,1-3H3/t24-,32+,35+,36-,38+/m0/s1. The van der Waals surface area contributed by atoms with E-state index < -0.39 is 26.1 Å². The zero-order chi connectivity index (χ0) is 35.7. The highest BCUT2D eigenvalue weighted by Crippen LogP contribution is 2.60. The fourth-order valence-electron chi connectivity index (χ4n) is 8.41. The molecule has 8 rings (SSSR count). The number of amides is 3. The molecule has 264 valence electrons. The Morgan fingerprint density at radius 1 is 0.941 bits per heavy atom. The summed E-state index contributed by atoms with van der Waals surface area (Å²) in [4.78, 5) is 56.5. The highest BCUT2D eigenvalue weighted by molar-refractivity contribution is 6.71. The maximum atomic E-state index is 15.0. The molecule has 0 aliphatic carbocycles. The van der Waals surface area contributed by atoms with Gasteiger partial charge < -0.3 is 29.3 Å². The average molecular weight is 707 g/mol. The van der Waals surface area contributed by atoms with E-state index in [9.17, 15) is 24.3 Å². The lowest BCUT2D eigenvalue weighted by Crippen LogP contribution is -2.46. The fraction of sp³-hybridized carbons (Fsp3) is 0.395. The first-order chi connectivity index (χ1) is 24.5. The molecule has 0 radical (unpaired) electrons. The second kappa shape index (κ2) is 12.5. The fourth-order valence-corrected chi connectivity index (χ4v) is 11.0. The Morgan fingerprint density at radius 2 is 1.61 bits per heavy atom. The van der Waals surface area contributed by atoms with Crippen molar-refractivity contribution in [2.75, 3.05) is 27.8 Å². The van der Waals surface area contributed by atoms with E-state index in [1.54, 1.807) is 25.6 Å². The van der Waals surface area contributed by atoms with Crippen LogP contribution in [0.3, 0.4) is 0 Å². The summed E-state index contributed by atoms with van der Waals surface area (Å²) < 4.78 is 8.71. The van der Waals surface area contributed by atoms with Gasteiger partial charge in [-0.2, -0.15) is 0 Å². The molecule has 3 aromatic carbocycles. The number of aryl methyl sites for hydroxylation is 1. The number of fused-ring (bicyclic) bond motifs is 2. The van der Waals surface area contributed by atoms with Gasteiger partial charge in [0.2, 0.25) is 11.8 Å². The van der Waals surface area contributed by atoms with E-state index in [-0.39, 0.29) is 29.2 Å². The molecular formula is C38H42N6O6Si. The molecule has 1 aromatic heterocycles. The molecule has 1 spiro atoms. The molecule has 51 heavy (non-hydrogen) atoms. The number of hydrogen-bond acceptors (Lipinski definition) is 8. The second-order valence-electron chi connectivity index (χ2n) is 14.7. The number of aliphatic hydroxyl groups excluding tert-OH is 1. The summed E-state index contributed by atoms with van der Waals surface area (Å²) in [6.45, 7) is 7.81. The van der Waals surface area contributed by atoms with Crippen LogP contribution in [0.1, 0.15) is 54.7 Å². The molecule has 3 fully saturated rings. The molecule has 12 nitrogen and oxygen atoms in total. The summed E-state index contributed by atoms with van der Waals surface area (Å²) >= 11 is 0. The molecular weight excluding hydrogens is 665 g/mol. The zero-order valence-corrected chi connectivity index (χ0v) is 30.0. The first-order valence-electron chi connectivity index (χ1n) is 17.6. The average Bonchev–Trinajstić information content (AvgIpc) is 3.77. The third-order valence-electron chi connectivity index (χ3n) is 11.2. The number of nitrogens with zero attached hydrogens (tertiary/aromatic N) is 6. The van der Waals surface area contributed by atoms with Crippen molar-refractivity contribution in [2.24, 2.45) is 5.92 Å². The molecule has 0 saturated carbocycles. The Bertz CT molecular complexity index is 2000. The van der Waals surface area contributed by atoms with Crippen LogP contribution in [0.5, 0.6) is 0 Å².